The molecule has 1 aromatic carbocycles. The van der Waals surface area contributed by atoms with Crippen molar-refractivity contribution in [2.75, 3.05) is 13.7 Å². The monoisotopic (exact) mass is 368 g/mol. The Morgan fingerprint density at radius 2 is 1.85 bits per heavy atom. The molecule has 0 saturated heterocycles. The van der Waals surface area contributed by atoms with Crippen LogP contribution in [-0.4, -0.2) is 38.7 Å². The SMILES string of the molecule is COCCn1c(SC(C)CCc2ccccc2)nnc1-c1ccncc1. The largest absolute Gasteiger partial charge is 0.383 e. The van der Waals surface area contributed by atoms with E-state index < -0.39 is 0 Å². The molecule has 0 aliphatic carbocycles. The van der Waals surface area contributed by atoms with Crippen LogP contribution in [0.15, 0.2) is 60.0 Å². The Labute approximate surface area is 158 Å². The normalized spacial score (nSPS) is 12.2. The minimum atomic E-state index is 0.450. The van der Waals surface area contributed by atoms with Gasteiger partial charge in [0.25, 0.3) is 0 Å². The van der Waals surface area contributed by atoms with Crippen LogP contribution in [0.2, 0.25) is 0 Å². The van der Waals surface area contributed by atoms with Crippen LogP contribution in [0.4, 0.5) is 0 Å². The van der Waals surface area contributed by atoms with E-state index in [0.717, 1.165) is 35.9 Å². The molecule has 26 heavy (non-hydrogen) atoms. The lowest BCUT2D eigenvalue weighted by Crippen LogP contribution is -2.09. The average molecular weight is 369 g/mol. The topological polar surface area (TPSA) is 52.8 Å². The molecule has 0 spiro atoms. The Morgan fingerprint density at radius 3 is 2.58 bits per heavy atom. The predicted octanol–water partition coefficient (Wildman–Crippen LogP) is 4.10. The molecule has 1 atom stereocenters. The third-order valence-corrected chi connectivity index (χ3v) is 5.31. The molecule has 1 unspecified atom stereocenters. The van der Waals surface area contributed by atoms with Gasteiger partial charge in [0.15, 0.2) is 11.0 Å². The highest BCUT2D eigenvalue weighted by Crippen LogP contribution is 2.28. The zero-order valence-corrected chi connectivity index (χ0v) is 16.0. The van der Waals surface area contributed by atoms with Crippen LogP contribution < -0.4 is 0 Å². The number of hydrogen-bond acceptors (Lipinski definition) is 5. The predicted molar refractivity (Wildman–Crippen MR) is 105 cm³/mol. The summed E-state index contributed by atoms with van der Waals surface area (Å²) < 4.78 is 7.41. The summed E-state index contributed by atoms with van der Waals surface area (Å²) in [5.41, 5.74) is 2.39. The van der Waals surface area contributed by atoms with Crippen LogP contribution in [0.1, 0.15) is 18.9 Å². The highest BCUT2D eigenvalue weighted by Gasteiger charge is 2.16. The number of rotatable bonds is 9. The van der Waals surface area contributed by atoms with Gasteiger partial charge in [-0.25, -0.2) is 0 Å². The third kappa shape index (κ3) is 4.93. The van der Waals surface area contributed by atoms with Gasteiger partial charge in [-0.1, -0.05) is 49.0 Å². The smallest absolute Gasteiger partial charge is 0.191 e. The van der Waals surface area contributed by atoms with Gasteiger partial charge in [-0.2, -0.15) is 0 Å². The maximum absolute atomic E-state index is 5.27. The second kappa shape index (κ2) is 9.50. The standard InChI is InChI=1S/C20H24N4OS/c1-16(8-9-17-6-4-3-5-7-17)26-20-23-22-19(24(20)14-15-25-2)18-10-12-21-13-11-18/h3-7,10-13,16H,8-9,14-15H2,1-2H3. The molecule has 0 aliphatic heterocycles. The molecule has 0 aliphatic rings. The quantitative estimate of drug-likeness (QED) is 0.532. The van der Waals surface area contributed by atoms with E-state index in [9.17, 15) is 0 Å². The van der Waals surface area contributed by atoms with Crippen molar-refractivity contribution in [1.82, 2.24) is 19.7 Å². The molecule has 5 nitrogen and oxygen atoms in total. The van der Waals surface area contributed by atoms with Crippen molar-refractivity contribution < 1.29 is 4.74 Å². The van der Waals surface area contributed by atoms with Gasteiger partial charge in [0.05, 0.1) is 13.2 Å². The summed E-state index contributed by atoms with van der Waals surface area (Å²) in [6.07, 6.45) is 5.72. The molecule has 0 bridgehead atoms. The Kier molecular flexibility index (Phi) is 6.80. The number of nitrogens with zero attached hydrogens (tertiary/aromatic N) is 4. The number of aryl methyl sites for hydroxylation is 1. The van der Waals surface area contributed by atoms with Crippen molar-refractivity contribution in [2.24, 2.45) is 0 Å². The minimum Gasteiger partial charge on any atom is -0.383 e. The second-order valence-corrected chi connectivity index (χ2v) is 7.54. The molecule has 0 radical (unpaired) electrons. The lowest BCUT2D eigenvalue weighted by atomic mass is 10.1. The van der Waals surface area contributed by atoms with Crippen LogP contribution in [0.5, 0.6) is 0 Å². The van der Waals surface area contributed by atoms with Gasteiger partial charge >= 0.3 is 0 Å². The molecule has 0 fully saturated rings. The van der Waals surface area contributed by atoms with E-state index in [0.29, 0.717) is 11.9 Å². The molecule has 0 saturated carbocycles. The Hall–Kier alpha value is -2.18. The fourth-order valence-corrected chi connectivity index (χ4v) is 3.72. The van der Waals surface area contributed by atoms with E-state index in [4.69, 9.17) is 4.74 Å². The number of pyridine rings is 1. The molecule has 136 valence electrons. The molecular weight excluding hydrogens is 344 g/mol. The molecule has 3 rings (SSSR count). The average Bonchev–Trinajstić information content (AvgIpc) is 3.08. The van der Waals surface area contributed by atoms with Crippen LogP contribution in [0.25, 0.3) is 11.4 Å². The molecule has 0 N–H and O–H groups in total. The van der Waals surface area contributed by atoms with Gasteiger partial charge in [0.2, 0.25) is 0 Å². The first kappa shape index (κ1) is 18.6. The highest BCUT2D eigenvalue weighted by molar-refractivity contribution is 7.99. The van der Waals surface area contributed by atoms with Gasteiger partial charge in [0.1, 0.15) is 0 Å². The fourth-order valence-electron chi connectivity index (χ4n) is 2.73. The maximum atomic E-state index is 5.27. The summed E-state index contributed by atoms with van der Waals surface area (Å²) in [4.78, 5) is 4.08. The minimum absolute atomic E-state index is 0.450. The van der Waals surface area contributed by atoms with Crippen LogP contribution in [0.3, 0.4) is 0 Å². The van der Waals surface area contributed by atoms with Crippen LogP contribution in [-0.2, 0) is 17.7 Å². The Bertz CT molecular complexity index is 792. The van der Waals surface area contributed by atoms with Gasteiger partial charge in [-0.05, 0) is 30.5 Å². The van der Waals surface area contributed by atoms with Gasteiger partial charge in [-0.3, -0.25) is 9.55 Å². The van der Waals surface area contributed by atoms with E-state index in [1.165, 1.54) is 5.56 Å². The number of aromatic nitrogens is 4. The molecule has 0 amide bonds. The summed E-state index contributed by atoms with van der Waals surface area (Å²) in [6, 6.07) is 14.5. The summed E-state index contributed by atoms with van der Waals surface area (Å²) in [6.45, 7) is 3.60. The van der Waals surface area contributed by atoms with Crippen molar-refractivity contribution in [3.63, 3.8) is 0 Å². The number of methoxy groups -OCH3 is 1. The van der Waals surface area contributed by atoms with Crippen molar-refractivity contribution in [2.45, 2.75) is 36.7 Å². The number of thioether (sulfide) groups is 1. The molecular formula is C20H24N4OS. The van der Waals surface area contributed by atoms with E-state index in [1.54, 1.807) is 31.3 Å². The first-order chi connectivity index (χ1) is 12.8. The van der Waals surface area contributed by atoms with E-state index in [1.807, 2.05) is 12.1 Å². The summed E-state index contributed by atoms with van der Waals surface area (Å²) in [7, 11) is 1.71. The van der Waals surface area contributed by atoms with Crippen molar-refractivity contribution in [3.8, 4) is 11.4 Å². The first-order valence-corrected chi connectivity index (χ1v) is 9.69. The summed E-state index contributed by atoms with van der Waals surface area (Å²) in [5.74, 6) is 0.863. The van der Waals surface area contributed by atoms with Crippen molar-refractivity contribution in [1.29, 1.82) is 0 Å². The number of hydrogen-bond donors (Lipinski definition) is 0. The third-order valence-electron chi connectivity index (χ3n) is 4.16. The number of benzene rings is 1. The van der Waals surface area contributed by atoms with E-state index in [2.05, 4.69) is 57.0 Å². The Balaban J connectivity index is 1.71. The van der Waals surface area contributed by atoms with Crippen molar-refractivity contribution in [3.05, 3.63) is 60.4 Å². The summed E-state index contributed by atoms with van der Waals surface area (Å²) in [5, 5.41) is 10.2. The zero-order valence-electron chi connectivity index (χ0n) is 15.2. The number of ether oxygens (including phenoxy) is 1. The van der Waals surface area contributed by atoms with E-state index >= 15 is 0 Å². The van der Waals surface area contributed by atoms with Crippen LogP contribution in [0, 0.1) is 0 Å². The lowest BCUT2D eigenvalue weighted by Gasteiger charge is -2.13. The van der Waals surface area contributed by atoms with Gasteiger partial charge < -0.3 is 4.74 Å². The molecule has 3 aromatic rings. The summed E-state index contributed by atoms with van der Waals surface area (Å²) >= 11 is 1.77. The molecule has 6 heteroatoms. The maximum Gasteiger partial charge on any atom is 0.191 e. The zero-order chi connectivity index (χ0) is 18.2. The molecule has 2 aromatic heterocycles. The fraction of sp³-hybridized carbons (Fsp3) is 0.350. The first-order valence-electron chi connectivity index (χ1n) is 8.81. The lowest BCUT2D eigenvalue weighted by molar-refractivity contribution is 0.185. The highest BCUT2D eigenvalue weighted by atomic mass is 32.2. The van der Waals surface area contributed by atoms with E-state index in [-0.39, 0.29) is 0 Å². The molecule has 2 heterocycles. The van der Waals surface area contributed by atoms with Gasteiger partial charge in [-0.15, -0.1) is 10.2 Å². The second-order valence-electron chi connectivity index (χ2n) is 6.14. The van der Waals surface area contributed by atoms with Crippen LogP contribution >= 0.6 is 11.8 Å². The van der Waals surface area contributed by atoms with Gasteiger partial charge in [0, 0.05) is 30.3 Å². The van der Waals surface area contributed by atoms with Crippen molar-refractivity contribution >= 4 is 11.8 Å². The Morgan fingerprint density at radius 1 is 1.08 bits per heavy atom.